The van der Waals surface area contributed by atoms with E-state index in [0.29, 0.717) is 0 Å². The predicted molar refractivity (Wildman–Crippen MR) is 217 cm³/mol. The van der Waals surface area contributed by atoms with Gasteiger partial charge in [-0.1, -0.05) is 133 Å². The summed E-state index contributed by atoms with van der Waals surface area (Å²) >= 11 is 1.85. The van der Waals surface area contributed by atoms with Gasteiger partial charge in [-0.05, 0) is 74.8 Å². The third-order valence-electron chi connectivity index (χ3n) is 10.3. The first-order valence-corrected chi connectivity index (χ1v) is 18.1. The summed E-state index contributed by atoms with van der Waals surface area (Å²) < 4.78 is 15.7. The summed E-state index contributed by atoms with van der Waals surface area (Å²) in [6, 6.07) is 60.6. The highest BCUT2D eigenvalue weighted by Gasteiger charge is 2.20. The number of hydrogen-bond donors (Lipinski definition) is 0. The van der Waals surface area contributed by atoms with Crippen LogP contribution in [0.5, 0.6) is 0 Å². The number of fused-ring (bicyclic) bond motifs is 14. The SMILES string of the molecule is c1cccc(-c2ccc3oc4c(c3c2)c2ccccc2c2sc3ccccc3c42)c2ccccc2c(-c2ccc3c(c2)oc2ccccc23)cc1. The van der Waals surface area contributed by atoms with E-state index in [9.17, 15) is 0 Å². The van der Waals surface area contributed by atoms with Crippen molar-refractivity contribution < 1.29 is 8.83 Å². The van der Waals surface area contributed by atoms with Crippen molar-refractivity contribution in [1.29, 1.82) is 0 Å². The number of benzene rings is 7. The molecule has 0 aliphatic carbocycles. The van der Waals surface area contributed by atoms with E-state index >= 15 is 0 Å². The number of para-hydroxylation sites is 1. The van der Waals surface area contributed by atoms with Crippen molar-refractivity contribution in [3.05, 3.63) is 170 Å². The minimum Gasteiger partial charge on any atom is -0.456 e. The van der Waals surface area contributed by atoms with Gasteiger partial charge in [-0.3, -0.25) is 0 Å². The molecular weight excluding hydrogens is 641 g/mol. The van der Waals surface area contributed by atoms with Crippen molar-refractivity contribution in [2.75, 3.05) is 0 Å². The molecule has 0 amide bonds. The lowest BCUT2D eigenvalue weighted by Crippen LogP contribution is -1.83. The Kier molecular flexibility index (Phi) is 6.16. The molecule has 0 saturated heterocycles. The maximum atomic E-state index is 6.81. The Bertz CT molecular complexity index is 3260. The van der Waals surface area contributed by atoms with Crippen LogP contribution in [0.2, 0.25) is 0 Å². The van der Waals surface area contributed by atoms with Crippen molar-refractivity contribution in [3.8, 4) is 22.3 Å². The monoisotopic (exact) mass is 668 g/mol. The van der Waals surface area contributed by atoms with Gasteiger partial charge in [0.1, 0.15) is 22.3 Å². The zero-order valence-corrected chi connectivity index (χ0v) is 28.2. The number of thiophene rings is 1. The van der Waals surface area contributed by atoms with E-state index in [-0.39, 0.29) is 0 Å². The van der Waals surface area contributed by atoms with E-state index in [1.54, 1.807) is 0 Å². The molecule has 3 aromatic heterocycles. The van der Waals surface area contributed by atoms with E-state index in [2.05, 4.69) is 158 Å². The second-order valence-corrected chi connectivity index (χ2v) is 14.2. The molecule has 0 N–H and O–H groups in total. The van der Waals surface area contributed by atoms with Gasteiger partial charge in [-0.25, -0.2) is 0 Å². The molecule has 11 aromatic rings. The molecule has 0 unspecified atom stereocenters. The van der Waals surface area contributed by atoms with E-state index < -0.39 is 0 Å². The van der Waals surface area contributed by atoms with Crippen LogP contribution in [-0.4, -0.2) is 0 Å². The molecule has 0 saturated carbocycles. The van der Waals surface area contributed by atoms with Gasteiger partial charge in [-0.2, -0.15) is 0 Å². The van der Waals surface area contributed by atoms with E-state index in [1.165, 1.54) is 36.3 Å². The van der Waals surface area contributed by atoms with Crippen molar-refractivity contribution in [3.63, 3.8) is 0 Å². The third kappa shape index (κ3) is 4.29. The van der Waals surface area contributed by atoms with Gasteiger partial charge in [0.05, 0.1) is 0 Å². The highest BCUT2D eigenvalue weighted by atomic mass is 32.1. The number of hydrogen-bond acceptors (Lipinski definition) is 3. The summed E-state index contributed by atoms with van der Waals surface area (Å²) in [5.74, 6) is 0. The molecule has 238 valence electrons. The first-order chi connectivity index (χ1) is 25.3. The molecule has 0 spiro atoms. The van der Waals surface area contributed by atoms with Crippen LogP contribution in [0.1, 0.15) is 0 Å². The van der Waals surface area contributed by atoms with Crippen LogP contribution in [0.4, 0.5) is 0 Å². The van der Waals surface area contributed by atoms with Crippen LogP contribution < -0.4 is 0 Å². The summed E-state index contributed by atoms with van der Waals surface area (Å²) in [5.41, 5.74) is 8.19. The van der Waals surface area contributed by atoms with Gasteiger partial charge in [0.25, 0.3) is 0 Å². The van der Waals surface area contributed by atoms with E-state index in [1.807, 2.05) is 23.5 Å². The summed E-state index contributed by atoms with van der Waals surface area (Å²) in [4.78, 5) is 0. The summed E-state index contributed by atoms with van der Waals surface area (Å²) in [6.07, 6.45) is 0. The topological polar surface area (TPSA) is 26.3 Å². The van der Waals surface area contributed by atoms with Crippen molar-refractivity contribution >= 4 is 96.9 Å². The molecule has 3 heterocycles. The molecule has 51 heavy (non-hydrogen) atoms. The van der Waals surface area contributed by atoms with Gasteiger partial charge < -0.3 is 8.83 Å². The molecule has 0 fully saturated rings. The Hall–Kier alpha value is -6.42. The van der Waals surface area contributed by atoms with Gasteiger partial charge in [0, 0.05) is 47.1 Å². The Morgan fingerprint density at radius 3 is 1.69 bits per heavy atom. The van der Waals surface area contributed by atoms with Crippen molar-refractivity contribution in [2.24, 2.45) is 0 Å². The Morgan fingerprint density at radius 2 is 0.902 bits per heavy atom. The average Bonchev–Trinajstić information content (AvgIpc) is 3.87. The van der Waals surface area contributed by atoms with E-state index in [4.69, 9.17) is 8.83 Å². The van der Waals surface area contributed by atoms with E-state index in [0.717, 1.165) is 71.5 Å². The average molecular weight is 669 g/mol. The maximum absolute atomic E-state index is 6.81. The zero-order valence-electron chi connectivity index (χ0n) is 27.4. The largest absolute Gasteiger partial charge is 0.456 e. The van der Waals surface area contributed by atoms with Crippen LogP contribution in [0, 0.1) is 0 Å². The fourth-order valence-electron chi connectivity index (χ4n) is 8.03. The third-order valence-corrected chi connectivity index (χ3v) is 11.5. The van der Waals surface area contributed by atoms with Crippen molar-refractivity contribution in [2.45, 2.75) is 0 Å². The molecule has 0 bridgehead atoms. The van der Waals surface area contributed by atoms with Gasteiger partial charge >= 0.3 is 0 Å². The summed E-state index contributed by atoms with van der Waals surface area (Å²) in [5, 5.41) is 11.8. The van der Waals surface area contributed by atoms with Gasteiger partial charge in [0.15, 0.2) is 0 Å². The zero-order chi connectivity index (χ0) is 33.5. The highest BCUT2D eigenvalue weighted by Crippen LogP contribution is 2.47. The van der Waals surface area contributed by atoms with Crippen LogP contribution in [-0.2, 0) is 0 Å². The Morgan fingerprint density at radius 1 is 0.333 bits per heavy atom. The van der Waals surface area contributed by atoms with Crippen molar-refractivity contribution in [1.82, 2.24) is 0 Å². The Balaban J connectivity index is 1.20. The van der Waals surface area contributed by atoms with Gasteiger partial charge in [0.2, 0.25) is 0 Å². The van der Waals surface area contributed by atoms with Crippen LogP contribution in [0.3, 0.4) is 0 Å². The smallest absolute Gasteiger partial charge is 0.145 e. The molecule has 0 radical (unpaired) electrons. The normalized spacial score (nSPS) is 11.9. The quantitative estimate of drug-likeness (QED) is 0.183. The fourth-order valence-corrected chi connectivity index (χ4v) is 9.27. The lowest BCUT2D eigenvalue weighted by atomic mass is 9.94. The highest BCUT2D eigenvalue weighted by molar-refractivity contribution is 7.27. The number of rotatable bonds is 2. The second-order valence-electron chi connectivity index (χ2n) is 13.2. The van der Waals surface area contributed by atoms with Crippen LogP contribution >= 0.6 is 11.3 Å². The fraction of sp³-hybridized carbons (Fsp3) is 0. The van der Waals surface area contributed by atoms with Gasteiger partial charge in [-0.15, -0.1) is 11.3 Å². The lowest BCUT2D eigenvalue weighted by molar-refractivity contribution is 0.669. The molecule has 0 atom stereocenters. The predicted octanol–water partition coefficient (Wildman–Crippen LogP) is 14.6. The molecule has 11 rings (SSSR count). The van der Waals surface area contributed by atoms with Crippen LogP contribution in [0.15, 0.2) is 179 Å². The summed E-state index contributed by atoms with van der Waals surface area (Å²) in [6.45, 7) is 0. The number of furan rings is 2. The minimum atomic E-state index is 0.890. The maximum Gasteiger partial charge on any atom is 0.145 e. The molecular formula is C48H28O2S. The molecule has 0 aliphatic heterocycles. The molecule has 2 nitrogen and oxygen atoms in total. The first kappa shape index (κ1) is 28.4. The lowest BCUT2D eigenvalue weighted by Gasteiger charge is -2.09. The molecule has 0 aliphatic rings. The standard InChI is InChI=1S/C48H28O2S/c1-2-4-14-32(30-23-25-36-35-17-9-11-21-41(35)49-43(36)28-30)34-16-6-5-15-33(34)31(13-3-1)29-24-26-42-40(27-29)45-37-18-7-8-19-38(37)48-46(47(45)50-42)39-20-10-12-22-44(39)51-48/h1-28H. The summed E-state index contributed by atoms with van der Waals surface area (Å²) in [7, 11) is 0. The first-order valence-electron chi connectivity index (χ1n) is 17.3. The second kappa shape index (κ2) is 11.0. The molecule has 3 heteroatoms. The molecule has 8 aromatic carbocycles. The van der Waals surface area contributed by atoms with Crippen LogP contribution in [0.25, 0.3) is 108 Å². The minimum absolute atomic E-state index is 0.890. The Labute approximate surface area is 296 Å².